The minimum atomic E-state index is -0.567. The average molecular weight is 287 g/mol. The second kappa shape index (κ2) is 5.30. The molecule has 5 heteroatoms. The Kier molecular flexibility index (Phi) is 4.29. The van der Waals surface area contributed by atoms with E-state index in [1.807, 2.05) is 12.1 Å². The maximum absolute atomic E-state index is 11.6. The van der Waals surface area contributed by atoms with Gasteiger partial charge in [0.05, 0.1) is 11.4 Å². The van der Waals surface area contributed by atoms with Crippen LogP contribution in [-0.2, 0) is 11.3 Å². The number of aromatic nitrogens is 1. The molecule has 1 rings (SSSR count). The van der Waals surface area contributed by atoms with Crippen LogP contribution in [0.25, 0.3) is 0 Å². The first-order chi connectivity index (χ1) is 7.45. The van der Waals surface area contributed by atoms with Gasteiger partial charge in [0.15, 0.2) is 0 Å². The molecule has 0 radical (unpaired) electrons. The smallest absolute Gasteiger partial charge is 0.236 e. The van der Waals surface area contributed by atoms with Crippen LogP contribution < -0.4 is 10.1 Å². The van der Waals surface area contributed by atoms with Crippen molar-refractivity contribution in [2.75, 3.05) is 7.11 Å². The van der Waals surface area contributed by atoms with Crippen LogP contribution in [0.15, 0.2) is 18.3 Å². The predicted octanol–water partition coefficient (Wildman–Crippen LogP) is 1.88. The lowest BCUT2D eigenvalue weighted by molar-refractivity contribution is -0.122. The van der Waals surface area contributed by atoms with Gasteiger partial charge in [0, 0.05) is 18.3 Å². The van der Waals surface area contributed by atoms with Crippen molar-refractivity contribution in [2.24, 2.45) is 0 Å². The number of rotatable bonds is 4. The normalized spacial score (nSPS) is 11.0. The number of nitrogens with one attached hydrogen (secondary N) is 1. The highest BCUT2D eigenvalue weighted by molar-refractivity contribution is 9.10. The molecule has 0 aliphatic carbocycles. The molecule has 0 saturated carbocycles. The van der Waals surface area contributed by atoms with Crippen LogP contribution >= 0.6 is 15.9 Å². The Morgan fingerprint density at radius 3 is 2.88 bits per heavy atom. The Morgan fingerprint density at radius 1 is 1.62 bits per heavy atom. The van der Waals surface area contributed by atoms with E-state index in [0.717, 1.165) is 5.56 Å². The first-order valence-corrected chi connectivity index (χ1v) is 5.69. The third kappa shape index (κ3) is 3.48. The summed E-state index contributed by atoms with van der Waals surface area (Å²) in [5.74, 6) is 0.466. The highest BCUT2D eigenvalue weighted by Crippen LogP contribution is 2.17. The van der Waals surface area contributed by atoms with Crippen molar-refractivity contribution in [2.45, 2.75) is 24.7 Å². The summed E-state index contributed by atoms with van der Waals surface area (Å²) in [5, 5.41) is 2.81. The summed E-state index contributed by atoms with van der Waals surface area (Å²) < 4.78 is 4.52. The SMILES string of the molecule is COc1ncccc1CNC(=O)C(C)(C)Br. The summed E-state index contributed by atoms with van der Waals surface area (Å²) in [5.41, 5.74) is 0.857. The molecule has 16 heavy (non-hydrogen) atoms. The number of methoxy groups -OCH3 is 1. The van der Waals surface area contributed by atoms with Crippen molar-refractivity contribution in [3.8, 4) is 5.88 Å². The van der Waals surface area contributed by atoms with Crippen molar-refractivity contribution < 1.29 is 9.53 Å². The van der Waals surface area contributed by atoms with Crippen LogP contribution in [0.1, 0.15) is 19.4 Å². The third-order valence-electron chi connectivity index (χ3n) is 2.02. The molecule has 0 spiro atoms. The minimum Gasteiger partial charge on any atom is -0.481 e. The average Bonchev–Trinajstić information content (AvgIpc) is 2.24. The number of halogens is 1. The molecule has 1 heterocycles. The van der Waals surface area contributed by atoms with Gasteiger partial charge in [-0.1, -0.05) is 22.0 Å². The van der Waals surface area contributed by atoms with Crippen LogP contribution in [-0.4, -0.2) is 22.3 Å². The number of nitrogens with zero attached hydrogens (tertiary/aromatic N) is 1. The summed E-state index contributed by atoms with van der Waals surface area (Å²) >= 11 is 3.29. The molecule has 0 bridgehead atoms. The first kappa shape index (κ1) is 13.0. The number of amides is 1. The zero-order valence-electron chi connectivity index (χ0n) is 9.58. The Hall–Kier alpha value is -1.10. The van der Waals surface area contributed by atoms with E-state index in [1.165, 1.54) is 0 Å². The lowest BCUT2D eigenvalue weighted by Gasteiger charge is -2.16. The van der Waals surface area contributed by atoms with Crippen molar-refractivity contribution in [3.05, 3.63) is 23.9 Å². The van der Waals surface area contributed by atoms with Gasteiger partial charge in [-0.05, 0) is 19.9 Å². The number of ether oxygens (including phenoxy) is 1. The standard InChI is InChI=1S/C11H15BrN2O2/c1-11(2,12)10(15)14-7-8-5-4-6-13-9(8)16-3/h4-6H,7H2,1-3H3,(H,14,15). The van der Waals surface area contributed by atoms with E-state index in [9.17, 15) is 4.79 Å². The molecular weight excluding hydrogens is 272 g/mol. The van der Waals surface area contributed by atoms with Crippen molar-refractivity contribution in [3.63, 3.8) is 0 Å². The van der Waals surface area contributed by atoms with E-state index in [0.29, 0.717) is 12.4 Å². The maximum atomic E-state index is 11.6. The van der Waals surface area contributed by atoms with Gasteiger partial charge < -0.3 is 10.1 Å². The number of pyridine rings is 1. The monoisotopic (exact) mass is 286 g/mol. The van der Waals surface area contributed by atoms with Crippen molar-refractivity contribution >= 4 is 21.8 Å². The fourth-order valence-corrected chi connectivity index (χ4v) is 1.27. The Morgan fingerprint density at radius 2 is 2.31 bits per heavy atom. The molecule has 0 aromatic carbocycles. The van der Waals surface area contributed by atoms with E-state index in [2.05, 4.69) is 26.2 Å². The van der Waals surface area contributed by atoms with E-state index < -0.39 is 4.32 Å². The molecule has 1 amide bonds. The van der Waals surface area contributed by atoms with Crippen molar-refractivity contribution in [1.29, 1.82) is 0 Å². The van der Waals surface area contributed by atoms with Gasteiger partial charge in [-0.25, -0.2) is 4.98 Å². The molecule has 0 aliphatic heterocycles. The fourth-order valence-electron chi connectivity index (χ4n) is 1.13. The zero-order valence-corrected chi connectivity index (χ0v) is 11.2. The summed E-state index contributed by atoms with van der Waals surface area (Å²) in [6.45, 7) is 4.00. The molecule has 88 valence electrons. The van der Waals surface area contributed by atoms with Crippen LogP contribution in [0, 0.1) is 0 Å². The molecule has 1 N–H and O–H groups in total. The van der Waals surface area contributed by atoms with Gasteiger partial charge in [0.25, 0.3) is 0 Å². The van der Waals surface area contributed by atoms with Gasteiger partial charge in [0.2, 0.25) is 11.8 Å². The molecule has 1 aromatic rings. The highest BCUT2D eigenvalue weighted by atomic mass is 79.9. The van der Waals surface area contributed by atoms with Crippen LogP contribution in [0.5, 0.6) is 5.88 Å². The number of hydrogen-bond donors (Lipinski definition) is 1. The van der Waals surface area contributed by atoms with Gasteiger partial charge in [-0.2, -0.15) is 0 Å². The number of carbonyl (C=O) groups excluding carboxylic acids is 1. The lowest BCUT2D eigenvalue weighted by Crippen LogP contribution is -2.37. The Bertz CT molecular complexity index is 374. The second-order valence-corrected chi connectivity index (χ2v) is 5.81. The quantitative estimate of drug-likeness (QED) is 0.860. The summed E-state index contributed by atoms with van der Waals surface area (Å²) in [7, 11) is 1.56. The molecule has 0 unspecified atom stereocenters. The number of alkyl halides is 1. The van der Waals surface area contributed by atoms with Gasteiger partial charge >= 0.3 is 0 Å². The summed E-state index contributed by atoms with van der Waals surface area (Å²) in [4.78, 5) is 15.7. The van der Waals surface area contributed by atoms with E-state index in [1.54, 1.807) is 27.2 Å². The third-order valence-corrected chi connectivity index (χ3v) is 2.38. The maximum Gasteiger partial charge on any atom is 0.236 e. The molecule has 0 saturated heterocycles. The number of hydrogen-bond acceptors (Lipinski definition) is 3. The molecule has 0 fully saturated rings. The summed E-state index contributed by atoms with van der Waals surface area (Å²) in [6, 6.07) is 3.68. The molecule has 1 aromatic heterocycles. The largest absolute Gasteiger partial charge is 0.481 e. The first-order valence-electron chi connectivity index (χ1n) is 4.90. The second-order valence-electron chi connectivity index (χ2n) is 3.83. The zero-order chi connectivity index (χ0) is 12.2. The Labute approximate surface area is 104 Å². The molecule has 4 nitrogen and oxygen atoms in total. The Balaban J connectivity index is 2.65. The lowest BCUT2D eigenvalue weighted by atomic mass is 10.2. The molecular formula is C11H15BrN2O2. The van der Waals surface area contributed by atoms with Crippen LogP contribution in [0.3, 0.4) is 0 Å². The van der Waals surface area contributed by atoms with E-state index >= 15 is 0 Å². The molecule has 0 aliphatic rings. The van der Waals surface area contributed by atoms with Crippen LogP contribution in [0.2, 0.25) is 0 Å². The van der Waals surface area contributed by atoms with Crippen molar-refractivity contribution in [1.82, 2.24) is 10.3 Å². The predicted molar refractivity (Wildman–Crippen MR) is 65.6 cm³/mol. The van der Waals surface area contributed by atoms with Gasteiger partial charge in [0.1, 0.15) is 0 Å². The number of carbonyl (C=O) groups is 1. The highest BCUT2D eigenvalue weighted by Gasteiger charge is 2.23. The van der Waals surface area contributed by atoms with Crippen LogP contribution in [0.4, 0.5) is 0 Å². The van der Waals surface area contributed by atoms with E-state index in [-0.39, 0.29) is 5.91 Å². The minimum absolute atomic E-state index is 0.0709. The fraction of sp³-hybridized carbons (Fsp3) is 0.455. The molecule has 0 atom stereocenters. The topological polar surface area (TPSA) is 51.2 Å². The van der Waals surface area contributed by atoms with E-state index in [4.69, 9.17) is 4.74 Å². The van der Waals surface area contributed by atoms with Gasteiger partial charge in [-0.15, -0.1) is 0 Å². The van der Waals surface area contributed by atoms with Gasteiger partial charge in [-0.3, -0.25) is 4.79 Å². The summed E-state index contributed by atoms with van der Waals surface area (Å²) in [6.07, 6.45) is 1.65.